The number of Topliss-reactive ketones (excluding diaryl/α,β-unsaturated/α-hetero) is 1. The summed E-state index contributed by atoms with van der Waals surface area (Å²) in [5.41, 5.74) is 3.49. The van der Waals surface area contributed by atoms with Crippen LogP contribution in [0.15, 0.2) is 84.9 Å². The molecule has 4 nitrogen and oxygen atoms in total. The van der Waals surface area contributed by atoms with Gasteiger partial charge in [0.1, 0.15) is 18.1 Å². The highest BCUT2D eigenvalue weighted by Crippen LogP contribution is 2.34. The molecule has 2 fully saturated rings. The van der Waals surface area contributed by atoms with E-state index in [-0.39, 0.29) is 5.92 Å². The van der Waals surface area contributed by atoms with Crippen LogP contribution in [0.5, 0.6) is 5.75 Å². The number of hydrogen-bond donors (Lipinski definition) is 0. The number of hydrogen-bond acceptors (Lipinski definition) is 4. The molecule has 0 spiro atoms. The zero-order valence-corrected chi connectivity index (χ0v) is 18.9. The van der Waals surface area contributed by atoms with E-state index < -0.39 is 0 Å². The number of rotatable bonds is 8. The highest BCUT2D eigenvalue weighted by molar-refractivity contribution is 5.83. The summed E-state index contributed by atoms with van der Waals surface area (Å²) in [5.74, 6) is 1.25. The second-order valence-electron chi connectivity index (χ2n) is 9.24. The second-order valence-corrected chi connectivity index (χ2v) is 9.24. The average molecular weight is 442 g/mol. The van der Waals surface area contributed by atoms with Gasteiger partial charge in [-0.15, -0.1) is 0 Å². The Balaban J connectivity index is 1.19. The van der Waals surface area contributed by atoms with Crippen molar-refractivity contribution in [3.63, 3.8) is 0 Å². The van der Waals surface area contributed by atoms with Crippen molar-refractivity contribution in [1.29, 1.82) is 0 Å². The van der Waals surface area contributed by atoms with E-state index in [0.29, 0.717) is 30.9 Å². The molecule has 2 atom stereocenters. The normalized spacial score (nSPS) is 22.6. The van der Waals surface area contributed by atoms with Gasteiger partial charge in [0.05, 0.1) is 13.2 Å². The topological polar surface area (TPSA) is 38.8 Å². The Morgan fingerprint density at radius 1 is 0.818 bits per heavy atom. The van der Waals surface area contributed by atoms with Gasteiger partial charge >= 0.3 is 0 Å². The van der Waals surface area contributed by atoms with Crippen LogP contribution in [0.1, 0.15) is 29.5 Å². The van der Waals surface area contributed by atoms with Crippen molar-refractivity contribution >= 4 is 5.78 Å². The SMILES string of the molecule is O=C(Cc1cccc(OCc2ccccc2)c1)C1CC2COCC(C1)N2Cc1ccccc1. The molecule has 5 rings (SSSR count). The minimum absolute atomic E-state index is 0.102. The van der Waals surface area contributed by atoms with Gasteiger partial charge in [-0.2, -0.15) is 0 Å². The van der Waals surface area contributed by atoms with Gasteiger partial charge in [-0.1, -0.05) is 72.8 Å². The van der Waals surface area contributed by atoms with E-state index in [1.54, 1.807) is 0 Å². The maximum absolute atomic E-state index is 13.3. The van der Waals surface area contributed by atoms with Crippen LogP contribution in [0, 0.1) is 5.92 Å². The molecule has 0 aromatic heterocycles. The van der Waals surface area contributed by atoms with Crippen LogP contribution in [0.25, 0.3) is 0 Å². The molecule has 33 heavy (non-hydrogen) atoms. The third-order valence-corrected chi connectivity index (χ3v) is 6.86. The Morgan fingerprint density at radius 3 is 2.15 bits per heavy atom. The van der Waals surface area contributed by atoms with E-state index in [2.05, 4.69) is 47.4 Å². The van der Waals surface area contributed by atoms with Crippen LogP contribution in [0.2, 0.25) is 0 Å². The van der Waals surface area contributed by atoms with Crippen LogP contribution < -0.4 is 4.74 Å². The van der Waals surface area contributed by atoms with Crippen molar-refractivity contribution in [2.45, 2.75) is 44.5 Å². The fourth-order valence-corrected chi connectivity index (χ4v) is 5.14. The minimum Gasteiger partial charge on any atom is -0.489 e. The third kappa shape index (κ3) is 5.52. The van der Waals surface area contributed by atoms with Gasteiger partial charge in [0, 0.05) is 31.0 Å². The number of carbonyl (C=O) groups is 1. The highest BCUT2D eigenvalue weighted by atomic mass is 16.5. The van der Waals surface area contributed by atoms with Gasteiger partial charge in [-0.25, -0.2) is 0 Å². The van der Waals surface area contributed by atoms with Crippen LogP contribution in [0.4, 0.5) is 0 Å². The zero-order chi connectivity index (χ0) is 22.5. The van der Waals surface area contributed by atoms with Crippen LogP contribution >= 0.6 is 0 Å². The van der Waals surface area contributed by atoms with E-state index in [1.807, 2.05) is 42.5 Å². The summed E-state index contributed by atoms with van der Waals surface area (Å²) >= 11 is 0. The van der Waals surface area contributed by atoms with E-state index in [9.17, 15) is 4.79 Å². The number of benzene rings is 3. The molecule has 0 saturated carbocycles. The first-order chi connectivity index (χ1) is 16.2. The van der Waals surface area contributed by atoms with Gasteiger partial charge in [0.25, 0.3) is 0 Å². The molecule has 0 aliphatic carbocycles. The van der Waals surface area contributed by atoms with E-state index in [0.717, 1.165) is 49.5 Å². The molecule has 0 N–H and O–H groups in total. The minimum atomic E-state index is 0.102. The Morgan fingerprint density at radius 2 is 1.45 bits per heavy atom. The zero-order valence-electron chi connectivity index (χ0n) is 18.9. The van der Waals surface area contributed by atoms with Crippen LogP contribution in [0.3, 0.4) is 0 Å². The van der Waals surface area contributed by atoms with Crippen molar-refractivity contribution in [3.8, 4) is 5.75 Å². The van der Waals surface area contributed by atoms with Crippen LogP contribution in [-0.2, 0) is 29.1 Å². The molecule has 3 aromatic rings. The predicted molar refractivity (Wildman–Crippen MR) is 129 cm³/mol. The molecule has 2 unspecified atom stereocenters. The lowest BCUT2D eigenvalue weighted by Gasteiger charge is -2.48. The van der Waals surface area contributed by atoms with Crippen molar-refractivity contribution in [2.24, 2.45) is 5.92 Å². The first-order valence-corrected chi connectivity index (χ1v) is 11.9. The number of ketones is 1. The van der Waals surface area contributed by atoms with Gasteiger partial charge in [0.2, 0.25) is 0 Å². The summed E-state index contributed by atoms with van der Waals surface area (Å²) < 4.78 is 11.8. The number of fused-ring (bicyclic) bond motifs is 2. The Hall–Kier alpha value is -2.95. The summed E-state index contributed by atoms with van der Waals surface area (Å²) in [6, 6.07) is 29.3. The average Bonchev–Trinajstić information content (AvgIpc) is 2.84. The number of nitrogens with zero attached hydrogens (tertiary/aromatic N) is 1. The molecule has 2 saturated heterocycles. The maximum Gasteiger partial charge on any atom is 0.140 e. The van der Waals surface area contributed by atoms with Gasteiger partial charge in [-0.05, 0) is 41.7 Å². The third-order valence-electron chi connectivity index (χ3n) is 6.86. The Kier molecular flexibility index (Phi) is 6.84. The number of carbonyl (C=O) groups excluding carboxylic acids is 1. The summed E-state index contributed by atoms with van der Waals surface area (Å²) in [7, 11) is 0. The van der Waals surface area contributed by atoms with Crippen molar-refractivity contribution in [3.05, 3.63) is 102 Å². The highest BCUT2D eigenvalue weighted by Gasteiger charge is 2.41. The van der Waals surface area contributed by atoms with Crippen molar-refractivity contribution in [2.75, 3.05) is 13.2 Å². The standard InChI is InChI=1S/C29H31NO3/c31-29(15-24-12-7-13-28(14-24)33-19-23-10-5-2-6-11-23)25-16-26-20-32-21-27(17-25)30(26)18-22-8-3-1-4-9-22/h1-14,25-27H,15-21H2. The maximum atomic E-state index is 13.3. The lowest BCUT2D eigenvalue weighted by molar-refractivity contribution is -0.133. The lowest BCUT2D eigenvalue weighted by atomic mass is 9.80. The first kappa shape index (κ1) is 21.9. The summed E-state index contributed by atoms with van der Waals surface area (Å²) in [6.07, 6.45) is 2.23. The first-order valence-electron chi connectivity index (χ1n) is 11.9. The fraction of sp³-hybridized carbons (Fsp3) is 0.345. The molecule has 0 radical (unpaired) electrons. The summed E-state index contributed by atoms with van der Waals surface area (Å²) in [4.78, 5) is 15.8. The monoisotopic (exact) mass is 441 g/mol. The van der Waals surface area contributed by atoms with Gasteiger partial charge in [0.15, 0.2) is 0 Å². The second kappa shape index (κ2) is 10.3. The van der Waals surface area contributed by atoms with Gasteiger partial charge < -0.3 is 9.47 Å². The molecule has 4 heteroatoms. The number of ether oxygens (including phenoxy) is 2. The molecule has 2 aliphatic rings. The molecular weight excluding hydrogens is 410 g/mol. The molecule has 170 valence electrons. The Bertz CT molecular complexity index is 1040. The molecule has 2 bridgehead atoms. The summed E-state index contributed by atoms with van der Waals surface area (Å²) in [6.45, 7) is 2.90. The smallest absolute Gasteiger partial charge is 0.140 e. The largest absolute Gasteiger partial charge is 0.489 e. The number of morpholine rings is 1. The number of piperidine rings is 1. The predicted octanol–water partition coefficient (Wildman–Crippen LogP) is 5.06. The Labute approximate surface area is 196 Å². The van der Waals surface area contributed by atoms with Crippen molar-refractivity contribution in [1.82, 2.24) is 4.90 Å². The molecule has 3 aromatic carbocycles. The van der Waals surface area contributed by atoms with Gasteiger partial charge in [-0.3, -0.25) is 9.69 Å². The van der Waals surface area contributed by atoms with E-state index in [1.165, 1.54) is 5.56 Å². The molecule has 2 aliphatic heterocycles. The quantitative estimate of drug-likeness (QED) is 0.490. The van der Waals surface area contributed by atoms with E-state index >= 15 is 0 Å². The summed E-state index contributed by atoms with van der Waals surface area (Å²) in [5, 5.41) is 0. The molecule has 2 heterocycles. The fourth-order valence-electron chi connectivity index (χ4n) is 5.14. The van der Waals surface area contributed by atoms with Crippen molar-refractivity contribution < 1.29 is 14.3 Å². The van der Waals surface area contributed by atoms with E-state index in [4.69, 9.17) is 9.47 Å². The molecular formula is C29H31NO3. The molecule has 0 amide bonds. The lowest BCUT2D eigenvalue weighted by Crippen LogP contribution is -2.57. The van der Waals surface area contributed by atoms with Crippen LogP contribution in [-0.4, -0.2) is 36.0 Å².